The first-order chi connectivity index (χ1) is 14.9. The summed E-state index contributed by atoms with van der Waals surface area (Å²) in [6.07, 6.45) is -2.12. The second-order valence-electron chi connectivity index (χ2n) is 7.35. The van der Waals surface area contributed by atoms with E-state index < -0.39 is 17.8 Å². The average Bonchev–Trinajstić information content (AvgIpc) is 3.21. The van der Waals surface area contributed by atoms with E-state index in [1.807, 2.05) is 54.6 Å². The lowest BCUT2D eigenvalue weighted by Crippen LogP contribution is -2.30. The van der Waals surface area contributed by atoms with E-state index in [0.29, 0.717) is 18.5 Å². The Hall–Kier alpha value is -3.38. The molecule has 1 atom stereocenters. The first-order valence-electron chi connectivity index (χ1n) is 9.98. The lowest BCUT2D eigenvalue weighted by Gasteiger charge is -2.18. The summed E-state index contributed by atoms with van der Waals surface area (Å²) in [7, 11) is 0. The van der Waals surface area contributed by atoms with Crippen molar-refractivity contribution in [2.24, 2.45) is 0 Å². The second-order valence-corrected chi connectivity index (χ2v) is 7.35. The smallest absolute Gasteiger partial charge is 0.360 e. The summed E-state index contributed by atoms with van der Waals surface area (Å²) < 4.78 is 38.2. The predicted molar refractivity (Wildman–Crippen MR) is 115 cm³/mol. The molecule has 0 aliphatic rings. The molecule has 0 spiro atoms. The van der Waals surface area contributed by atoms with E-state index in [-0.39, 0.29) is 5.78 Å². The molecule has 6 heteroatoms. The molecule has 0 saturated carbocycles. The van der Waals surface area contributed by atoms with E-state index in [4.69, 9.17) is 0 Å². The summed E-state index contributed by atoms with van der Waals surface area (Å²) in [6.45, 7) is 0.443. The highest BCUT2D eigenvalue weighted by Gasteiger charge is 2.30. The molecule has 4 rings (SSSR count). The summed E-state index contributed by atoms with van der Waals surface area (Å²) in [5.74, 6) is -0.0592. The van der Waals surface area contributed by atoms with Crippen molar-refractivity contribution in [3.05, 3.63) is 107 Å². The number of fused-ring (bicyclic) bond motifs is 1. The highest BCUT2D eigenvalue weighted by Crippen LogP contribution is 2.29. The van der Waals surface area contributed by atoms with E-state index in [1.54, 1.807) is 6.20 Å². The molecule has 3 nitrogen and oxygen atoms in total. The van der Waals surface area contributed by atoms with Crippen molar-refractivity contribution in [3.63, 3.8) is 0 Å². The summed E-state index contributed by atoms with van der Waals surface area (Å²) in [5.41, 5.74) is 2.44. The number of hydrogen-bond acceptors (Lipinski definition) is 2. The zero-order chi connectivity index (χ0) is 21.8. The fraction of sp³-hybridized carbons (Fsp3) is 0.160. The fourth-order valence-corrected chi connectivity index (χ4v) is 3.66. The van der Waals surface area contributed by atoms with E-state index in [1.165, 1.54) is 12.1 Å². The van der Waals surface area contributed by atoms with Crippen LogP contribution >= 0.6 is 0 Å². The first kappa shape index (κ1) is 20.9. The standard InChI is InChI=1S/C25H21F3N2O/c26-25(27,28)19-12-10-17(11-13-19)14-15-29-23(18-6-2-1-3-7-18)24(31)21-16-30-22-9-5-4-8-20(21)22/h1-13,16,23,29-30H,14-15H2/t23-/m0/s1. The molecule has 0 saturated heterocycles. The molecule has 31 heavy (non-hydrogen) atoms. The van der Waals surface area contributed by atoms with Gasteiger partial charge in [-0.05, 0) is 35.7 Å². The van der Waals surface area contributed by atoms with Gasteiger partial charge in [0.15, 0.2) is 5.78 Å². The van der Waals surface area contributed by atoms with Gasteiger partial charge in [-0.3, -0.25) is 4.79 Å². The van der Waals surface area contributed by atoms with Crippen LogP contribution in [-0.2, 0) is 12.6 Å². The minimum Gasteiger partial charge on any atom is -0.360 e. The van der Waals surface area contributed by atoms with Crippen molar-refractivity contribution in [2.75, 3.05) is 6.54 Å². The molecule has 4 aromatic rings. The van der Waals surface area contributed by atoms with E-state index in [9.17, 15) is 18.0 Å². The van der Waals surface area contributed by atoms with E-state index in [0.717, 1.165) is 34.2 Å². The summed E-state index contributed by atoms with van der Waals surface area (Å²) in [6, 6.07) is 21.6. The Morgan fingerprint density at radius 2 is 1.58 bits per heavy atom. The van der Waals surface area contributed by atoms with Gasteiger partial charge in [-0.15, -0.1) is 0 Å². The van der Waals surface area contributed by atoms with Gasteiger partial charge >= 0.3 is 6.18 Å². The summed E-state index contributed by atoms with van der Waals surface area (Å²) in [4.78, 5) is 16.5. The number of Topliss-reactive ketones (excluding diaryl/α,β-unsaturated/α-hetero) is 1. The molecule has 0 aliphatic carbocycles. The van der Waals surface area contributed by atoms with E-state index >= 15 is 0 Å². The quantitative estimate of drug-likeness (QED) is 0.362. The maximum absolute atomic E-state index is 13.4. The number of H-pyrrole nitrogens is 1. The van der Waals surface area contributed by atoms with Crippen molar-refractivity contribution in [1.82, 2.24) is 10.3 Å². The Kier molecular flexibility index (Phi) is 5.91. The van der Waals surface area contributed by atoms with Crippen molar-refractivity contribution >= 4 is 16.7 Å². The number of benzene rings is 3. The molecule has 1 heterocycles. The van der Waals surface area contributed by atoms with Gasteiger partial charge < -0.3 is 10.3 Å². The maximum atomic E-state index is 13.4. The number of ketones is 1. The summed E-state index contributed by atoms with van der Waals surface area (Å²) >= 11 is 0. The Bertz CT molecular complexity index is 1160. The number of aromatic nitrogens is 1. The zero-order valence-electron chi connectivity index (χ0n) is 16.6. The Labute approximate surface area is 177 Å². The van der Waals surface area contributed by atoms with Crippen LogP contribution in [0.3, 0.4) is 0 Å². The minimum absolute atomic E-state index is 0.0592. The van der Waals surface area contributed by atoms with Crippen molar-refractivity contribution < 1.29 is 18.0 Å². The van der Waals surface area contributed by atoms with Gasteiger partial charge in [-0.1, -0.05) is 60.7 Å². The fourth-order valence-electron chi connectivity index (χ4n) is 3.66. The maximum Gasteiger partial charge on any atom is 0.416 e. The molecule has 158 valence electrons. The van der Waals surface area contributed by atoms with Gasteiger partial charge in [0.1, 0.15) is 0 Å². The topological polar surface area (TPSA) is 44.9 Å². The number of alkyl halides is 3. The third-order valence-corrected chi connectivity index (χ3v) is 5.29. The third kappa shape index (κ3) is 4.70. The Morgan fingerprint density at radius 3 is 2.29 bits per heavy atom. The number of carbonyl (C=O) groups excluding carboxylic acids is 1. The number of aromatic amines is 1. The molecule has 2 N–H and O–H groups in total. The molecular weight excluding hydrogens is 401 g/mol. The molecule has 1 aromatic heterocycles. The molecule has 0 amide bonds. The summed E-state index contributed by atoms with van der Waals surface area (Å²) in [5, 5.41) is 4.16. The molecule has 3 aromatic carbocycles. The number of rotatable bonds is 7. The molecular formula is C25H21F3N2O. The van der Waals surface area contributed by atoms with Crippen molar-refractivity contribution in [3.8, 4) is 0 Å². The molecule has 0 aliphatic heterocycles. The number of hydrogen-bond donors (Lipinski definition) is 2. The zero-order valence-corrected chi connectivity index (χ0v) is 16.6. The first-order valence-corrected chi connectivity index (χ1v) is 9.98. The largest absolute Gasteiger partial charge is 0.416 e. The van der Waals surface area contributed by atoms with Gasteiger partial charge in [0.05, 0.1) is 11.6 Å². The van der Waals surface area contributed by atoms with Gasteiger partial charge in [-0.2, -0.15) is 13.2 Å². The Morgan fingerprint density at radius 1 is 0.903 bits per heavy atom. The monoisotopic (exact) mass is 422 g/mol. The van der Waals surface area contributed by atoms with Gasteiger partial charge in [-0.25, -0.2) is 0 Å². The lowest BCUT2D eigenvalue weighted by atomic mass is 9.96. The molecule has 0 fully saturated rings. The van der Waals surface area contributed by atoms with Gasteiger partial charge in [0, 0.05) is 29.2 Å². The van der Waals surface area contributed by atoms with Gasteiger partial charge in [0.25, 0.3) is 0 Å². The number of nitrogens with one attached hydrogen (secondary N) is 2. The van der Waals surface area contributed by atoms with Crippen LogP contribution in [0, 0.1) is 0 Å². The van der Waals surface area contributed by atoms with Crippen LogP contribution in [0.25, 0.3) is 10.9 Å². The highest BCUT2D eigenvalue weighted by atomic mass is 19.4. The number of halogens is 3. The third-order valence-electron chi connectivity index (χ3n) is 5.29. The van der Waals surface area contributed by atoms with Gasteiger partial charge in [0.2, 0.25) is 0 Å². The Balaban J connectivity index is 1.52. The van der Waals surface area contributed by atoms with Crippen LogP contribution in [-0.4, -0.2) is 17.3 Å². The van der Waals surface area contributed by atoms with Crippen LogP contribution in [0.5, 0.6) is 0 Å². The number of para-hydroxylation sites is 1. The van der Waals surface area contributed by atoms with Crippen LogP contribution in [0.1, 0.15) is 33.1 Å². The molecule has 0 radical (unpaired) electrons. The molecule has 0 unspecified atom stereocenters. The van der Waals surface area contributed by atoms with Crippen LogP contribution in [0.2, 0.25) is 0 Å². The minimum atomic E-state index is -4.35. The van der Waals surface area contributed by atoms with Crippen molar-refractivity contribution in [1.29, 1.82) is 0 Å². The average molecular weight is 422 g/mol. The van der Waals surface area contributed by atoms with Crippen LogP contribution < -0.4 is 5.32 Å². The lowest BCUT2D eigenvalue weighted by molar-refractivity contribution is -0.137. The second kappa shape index (κ2) is 8.78. The van der Waals surface area contributed by atoms with Crippen LogP contribution in [0.4, 0.5) is 13.2 Å². The van der Waals surface area contributed by atoms with Crippen molar-refractivity contribution in [2.45, 2.75) is 18.6 Å². The number of carbonyl (C=O) groups is 1. The highest BCUT2D eigenvalue weighted by molar-refractivity contribution is 6.10. The molecule has 0 bridgehead atoms. The normalized spacial score (nSPS) is 12.7. The van der Waals surface area contributed by atoms with E-state index in [2.05, 4.69) is 10.3 Å². The SMILES string of the molecule is O=C(c1c[nH]c2ccccc12)[C@@H](NCCc1ccc(C(F)(F)F)cc1)c1ccccc1. The predicted octanol–water partition coefficient (Wildman–Crippen LogP) is 5.94. The van der Waals surface area contributed by atoms with Crippen LogP contribution in [0.15, 0.2) is 85.1 Å².